The summed E-state index contributed by atoms with van der Waals surface area (Å²) in [6.07, 6.45) is 5.62. The number of carbonyl (C=O) groups is 1. The molecule has 4 N–H and O–H groups in total. The molecule has 1 amide bonds. The summed E-state index contributed by atoms with van der Waals surface area (Å²) in [5, 5.41) is 15.1. The lowest BCUT2D eigenvalue weighted by Crippen LogP contribution is -2.41. The summed E-state index contributed by atoms with van der Waals surface area (Å²) in [5.41, 5.74) is 5.02. The lowest BCUT2D eigenvalue weighted by Gasteiger charge is -2.22. The molecule has 0 spiro atoms. The highest BCUT2D eigenvalue weighted by molar-refractivity contribution is 5.72. The maximum Gasteiger partial charge on any atom is 0.216 e. The van der Waals surface area contributed by atoms with E-state index in [2.05, 4.69) is 35.3 Å². The Labute approximate surface area is 228 Å². The van der Waals surface area contributed by atoms with Crippen LogP contribution in [0.2, 0.25) is 0 Å². The molecule has 0 bridgehead atoms. The summed E-state index contributed by atoms with van der Waals surface area (Å²) >= 11 is 0. The number of hydrazine groups is 1. The molecule has 0 unspecified atom stereocenters. The predicted octanol–water partition coefficient (Wildman–Crippen LogP) is 4.37. The minimum Gasteiger partial charge on any atom is -0.493 e. The maximum absolute atomic E-state index is 13.0. The fourth-order valence-corrected chi connectivity index (χ4v) is 3.41. The number of carbonyl (C=O) groups excluding carboxylic acids is 1. The van der Waals surface area contributed by atoms with Crippen molar-refractivity contribution < 1.29 is 23.9 Å². The minimum absolute atomic E-state index is 0.0216. The number of unbranched alkanes of at least 4 members (excludes halogenated alkanes) is 3. The van der Waals surface area contributed by atoms with Gasteiger partial charge in [0.05, 0.1) is 13.7 Å². The largest absolute Gasteiger partial charge is 0.493 e. The Morgan fingerprint density at radius 1 is 1.00 bits per heavy atom. The summed E-state index contributed by atoms with van der Waals surface area (Å²) < 4.78 is 18.5. The molecule has 0 fully saturated rings. The zero-order valence-corrected chi connectivity index (χ0v) is 23.9. The summed E-state index contributed by atoms with van der Waals surface area (Å²) in [6, 6.07) is 15.0. The van der Waals surface area contributed by atoms with Gasteiger partial charge in [-0.05, 0) is 49.6 Å². The second-order valence-corrected chi connectivity index (χ2v) is 8.66. The van der Waals surface area contributed by atoms with Crippen molar-refractivity contribution in [1.82, 2.24) is 21.2 Å². The van der Waals surface area contributed by atoms with Crippen LogP contribution in [-0.2, 0) is 16.2 Å². The Bertz CT molecular complexity index is 807. The van der Waals surface area contributed by atoms with Gasteiger partial charge in [0.1, 0.15) is 11.6 Å². The van der Waals surface area contributed by atoms with Gasteiger partial charge in [-0.2, -0.15) is 0 Å². The number of aliphatic hydroxyl groups is 1. The Morgan fingerprint density at radius 2 is 1.74 bits per heavy atom. The van der Waals surface area contributed by atoms with Crippen molar-refractivity contribution in [2.45, 2.75) is 59.4 Å². The molecule has 216 valence electrons. The molecule has 2 aromatic rings. The van der Waals surface area contributed by atoms with Gasteiger partial charge in [-0.1, -0.05) is 56.5 Å². The Kier molecular flexibility index (Phi) is 23.1. The Balaban J connectivity index is 0.000000709. The molecule has 8 nitrogen and oxygen atoms in total. The predicted molar refractivity (Wildman–Crippen MR) is 152 cm³/mol. The van der Waals surface area contributed by atoms with E-state index >= 15 is 0 Å². The molecule has 0 saturated heterocycles. The standard InChI is InChI=1S/C15H26N4O2.C13H19FO.CH4O/c1-14(20)17-10-6-9-16-11-12-19(18-21-2)13-15-7-4-3-5-8-15;1-3-4-5-6-7-15-13-9-11(2)8-12(14)10-13;1-2/h3-5,7-8,16,18H,6,9-13H2,1-2H3,(H,17,20);8-10H,3-7H2,1-2H3;2H,1H3. The van der Waals surface area contributed by atoms with Crippen LogP contribution in [0, 0.1) is 12.7 Å². The number of hydrogen-bond acceptors (Lipinski definition) is 7. The second-order valence-electron chi connectivity index (χ2n) is 8.66. The van der Waals surface area contributed by atoms with Crippen LogP contribution in [0.5, 0.6) is 5.75 Å². The molecule has 0 aromatic heterocycles. The summed E-state index contributed by atoms with van der Waals surface area (Å²) in [5.74, 6) is 0.441. The molecule has 9 heteroatoms. The number of aliphatic hydroxyl groups excluding tert-OH is 1. The summed E-state index contributed by atoms with van der Waals surface area (Å²) in [7, 11) is 2.61. The monoisotopic (exact) mass is 536 g/mol. The van der Waals surface area contributed by atoms with E-state index in [-0.39, 0.29) is 11.7 Å². The smallest absolute Gasteiger partial charge is 0.216 e. The van der Waals surface area contributed by atoms with Gasteiger partial charge in [0.2, 0.25) is 5.91 Å². The third-order valence-corrected chi connectivity index (χ3v) is 5.18. The summed E-state index contributed by atoms with van der Waals surface area (Å²) in [6.45, 7) is 10.3. The van der Waals surface area contributed by atoms with E-state index in [1.54, 1.807) is 7.11 Å². The van der Waals surface area contributed by atoms with Crippen LogP contribution >= 0.6 is 0 Å². The highest BCUT2D eigenvalue weighted by Crippen LogP contribution is 2.16. The topological polar surface area (TPSA) is 95.1 Å². The molecular formula is C29H49FN4O4. The van der Waals surface area contributed by atoms with Crippen LogP contribution in [0.4, 0.5) is 4.39 Å². The molecule has 0 atom stereocenters. The first kappa shape index (κ1) is 35.4. The number of hydrogen-bond donors (Lipinski definition) is 4. The SMILES string of the molecule is CCCCCCOc1cc(C)cc(F)c1.CO.CONN(CCNCCCNC(C)=O)Cc1ccccc1. The minimum atomic E-state index is -0.224. The number of amides is 1. The Morgan fingerprint density at radius 3 is 2.37 bits per heavy atom. The maximum atomic E-state index is 13.0. The van der Waals surface area contributed by atoms with Crippen molar-refractivity contribution in [3.63, 3.8) is 0 Å². The van der Waals surface area contributed by atoms with Crippen molar-refractivity contribution in [2.75, 3.05) is 47.0 Å². The van der Waals surface area contributed by atoms with Crippen molar-refractivity contribution in [2.24, 2.45) is 0 Å². The molecule has 2 rings (SSSR count). The van der Waals surface area contributed by atoms with Crippen molar-refractivity contribution in [3.05, 3.63) is 65.5 Å². The van der Waals surface area contributed by atoms with Gasteiger partial charge in [-0.15, -0.1) is 5.59 Å². The van der Waals surface area contributed by atoms with Gasteiger partial charge < -0.3 is 20.5 Å². The second kappa shape index (κ2) is 24.8. The molecule has 0 aliphatic carbocycles. The fraction of sp³-hybridized carbons (Fsp3) is 0.552. The average molecular weight is 537 g/mol. The number of rotatable bonds is 17. The quantitative estimate of drug-likeness (QED) is 0.176. The zero-order chi connectivity index (χ0) is 28.4. The first-order valence-electron chi connectivity index (χ1n) is 13.3. The van der Waals surface area contributed by atoms with Gasteiger partial charge in [0.15, 0.2) is 0 Å². The highest BCUT2D eigenvalue weighted by Gasteiger charge is 2.04. The van der Waals surface area contributed by atoms with Crippen LogP contribution in [0.25, 0.3) is 0 Å². The normalized spacial score (nSPS) is 10.2. The van der Waals surface area contributed by atoms with Gasteiger partial charge in [0.25, 0.3) is 0 Å². The van der Waals surface area contributed by atoms with E-state index in [1.807, 2.05) is 36.2 Å². The van der Waals surface area contributed by atoms with Crippen LogP contribution in [-0.4, -0.2) is 63.0 Å². The average Bonchev–Trinajstić information content (AvgIpc) is 2.89. The van der Waals surface area contributed by atoms with Crippen LogP contribution in [0.3, 0.4) is 0 Å². The Hall–Kier alpha value is -2.56. The third-order valence-electron chi connectivity index (χ3n) is 5.18. The van der Waals surface area contributed by atoms with Crippen molar-refractivity contribution in [3.8, 4) is 5.75 Å². The number of halogens is 1. The number of nitrogens with one attached hydrogen (secondary N) is 3. The van der Waals surface area contributed by atoms with E-state index < -0.39 is 0 Å². The molecule has 38 heavy (non-hydrogen) atoms. The highest BCUT2D eigenvalue weighted by atomic mass is 19.1. The molecular weight excluding hydrogens is 487 g/mol. The van der Waals surface area contributed by atoms with Crippen LogP contribution in [0.15, 0.2) is 48.5 Å². The first-order chi connectivity index (χ1) is 18.4. The van der Waals surface area contributed by atoms with E-state index in [0.717, 1.165) is 51.7 Å². The zero-order valence-electron chi connectivity index (χ0n) is 23.9. The lowest BCUT2D eigenvalue weighted by atomic mass is 10.2. The number of benzene rings is 2. The van der Waals surface area contributed by atoms with E-state index in [9.17, 15) is 9.18 Å². The number of aryl methyl sites for hydroxylation is 1. The van der Waals surface area contributed by atoms with E-state index in [1.165, 1.54) is 43.9 Å². The van der Waals surface area contributed by atoms with Gasteiger partial charge in [0, 0.05) is 46.3 Å². The first-order valence-corrected chi connectivity index (χ1v) is 13.3. The van der Waals surface area contributed by atoms with Gasteiger partial charge >= 0.3 is 0 Å². The van der Waals surface area contributed by atoms with Crippen LogP contribution < -0.4 is 21.0 Å². The number of nitrogens with zero attached hydrogens (tertiary/aromatic N) is 1. The van der Waals surface area contributed by atoms with Crippen LogP contribution in [0.1, 0.15) is 57.1 Å². The molecule has 2 aromatic carbocycles. The van der Waals surface area contributed by atoms with Gasteiger partial charge in [-0.25, -0.2) is 9.40 Å². The van der Waals surface area contributed by atoms with Crippen molar-refractivity contribution >= 4 is 5.91 Å². The molecule has 0 radical (unpaired) electrons. The third kappa shape index (κ3) is 20.5. The molecule has 0 aliphatic heterocycles. The van der Waals surface area contributed by atoms with Crippen molar-refractivity contribution in [1.29, 1.82) is 0 Å². The molecule has 0 heterocycles. The van der Waals surface area contributed by atoms with Gasteiger partial charge in [-0.3, -0.25) is 9.63 Å². The summed E-state index contributed by atoms with van der Waals surface area (Å²) in [4.78, 5) is 15.7. The number of ether oxygens (including phenoxy) is 1. The lowest BCUT2D eigenvalue weighted by molar-refractivity contribution is -0.118. The van der Waals surface area contributed by atoms with E-state index in [0.29, 0.717) is 18.9 Å². The fourth-order valence-electron chi connectivity index (χ4n) is 3.41. The molecule has 0 aliphatic rings. The molecule has 0 saturated carbocycles. The van der Waals surface area contributed by atoms with E-state index in [4.69, 9.17) is 14.7 Å².